The van der Waals surface area contributed by atoms with E-state index in [0.29, 0.717) is 0 Å². The summed E-state index contributed by atoms with van der Waals surface area (Å²) in [7, 11) is 0. The molecule has 0 saturated carbocycles. The molecule has 3 aliphatic rings. The van der Waals surface area contributed by atoms with Crippen LogP contribution in [0.15, 0.2) is 100 Å². The van der Waals surface area contributed by atoms with Crippen LogP contribution in [0.25, 0.3) is 30.4 Å². The van der Waals surface area contributed by atoms with Crippen LogP contribution in [0.1, 0.15) is 22.8 Å². The van der Waals surface area contributed by atoms with Crippen LogP contribution in [0, 0.1) is 0 Å². The van der Waals surface area contributed by atoms with Gasteiger partial charge in [0.2, 0.25) is 0 Å². The van der Waals surface area contributed by atoms with E-state index < -0.39 is 0 Å². The Kier molecular flexibility index (Phi) is 4.67. The zero-order valence-corrected chi connectivity index (χ0v) is 19.3. The Bertz CT molecular complexity index is 1940. The second kappa shape index (κ2) is 8.29. The summed E-state index contributed by atoms with van der Waals surface area (Å²) >= 11 is 0. The second-order valence-electron chi connectivity index (χ2n) is 8.93. The third-order valence-corrected chi connectivity index (χ3v) is 6.13. The van der Waals surface area contributed by atoms with Crippen LogP contribution in [-0.2, 0) is 0 Å². The first kappa shape index (κ1) is 20.3. The maximum atomic E-state index is 4.72. The van der Waals surface area contributed by atoms with E-state index in [9.17, 15) is 0 Å². The number of aromatic amines is 4. The van der Waals surface area contributed by atoms with Gasteiger partial charge in [-0.2, -0.15) is 0 Å². The van der Waals surface area contributed by atoms with Crippen molar-refractivity contribution in [3.63, 3.8) is 0 Å². The van der Waals surface area contributed by atoms with Crippen molar-refractivity contribution in [1.29, 1.82) is 0 Å². The maximum absolute atomic E-state index is 4.72. The molecule has 0 radical (unpaired) electrons. The molecule has 6 nitrogen and oxygen atoms in total. The lowest BCUT2D eigenvalue weighted by Crippen LogP contribution is -2.11. The minimum absolute atomic E-state index is 0.885. The lowest BCUT2D eigenvalue weighted by Gasteiger charge is -1.92. The van der Waals surface area contributed by atoms with Gasteiger partial charge in [0.1, 0.15) is 0 Å². The molecule has 172 valence electrons. The first-order valence-electron chi connectivity index (χ1n) is 11.8. The van der Waals surface area contributed by atoms with E-state index in [4.69, 9.17) is 9.98 Å². The molecule has 7 heterocycles. The maximum Gasteiger partial charge on any atom is 0.0659 e. The lowest BCUT2D eigenvalue weighted by molar-refractivity contribution is 1.24. The van der Waals surface area contributed by atoms with Crippen molar-refractivity contribution >= 4 is 41.8 Å². The normalized spacial score (nSPS) is 16.0. The minimum atomic E-state index is 0.885. The first-order chi connectivity index (χ1) is 17.7. The molecule has 0 amide bonds. The SMILES string of the molecule is C1=CC2=NC1=Cc1ccc([nH]1)C=c1ccc([nH]1)=Cc1ccc([nH]1)C=c1ccc([nH]1)=CC1=NC(=C2)C=C1. The van der Waals surface area contributed by atoms with Crippen LogP contribution in [-0.4, -0.2) is 31.4 Å². The number of nitrogens with zero attached hydrogens (tertiary/aromatic N) is 2. The molecule has 36 heavy (non-hydrogen) atoms. The Labute approximate surface area is 206 Å². The summed E-state index contributed by atoms with van der Waals surface area (Å²) in [6, 6.07) is 16.6. The molecule has 4 aromatic heterocycles. The molecular formula is C30H22N6. The van der Waals surface area contributed by atoms with Gasteiger partial charge in [-0.1, -0.05) is 0 Å². The monoisotopic (exact) mass is 466 g/mol. The Morgan fingerprint density at radius 1 is 0.361 bits per heavy atom. The van der Waals surface area contributed by atoms with Gasteiger partial charge in [-0.05, 0) is 109 Å². The van der Waals surface area contributed by atoms with E-state index in [-0.39, 0.29) is 0 Å². The molecule has 3 aliphatic heterocycles. The van der Waals surface area contributed by atoms with Crippen molar-refractivity contribution in [1.82, 2.24) is 19.9 Å². The third-order valence-electron chi connectivity index (χ3n) is 6.13. The Balaban J connectivity index is 1.34. The number of nitrogens with one attached hydrogen (secondary N) is 4. The third kappa shape index (κ3) is 4.23. The highest BCUT2D eigenvalue weighted by atomic mass is 14.8. The van der Waals surface area contributed by atoms with Crippen LogP contribution < -0.4 is 21.4 Å². The summed E-state index contributed by atoms with van der Waals surface area (Å²) in [6.07, 6.45) is 20.4. The smallest absolute Gasteiger partial charge is 0.0659 e. The van der Waals surface area contributed by atoms with Gasteiger partial charge in [0.25, 0.3) is 0 Å². The predicted octanol–water partition coefficient (Wildman–Crippen LogP) is 2.53. The molecule has 7 rings (SSSR count). The molecule has 4 aromatic rings. The summed E-state index contributed by atoms with van der Waals surface area (Å²) in [5, 5.41) is 4.09. The van der Waals surface area contributed by atoms with Gasteiger partial charge < -0.3 is 19.9 Å². The van der Waals surface area contributed by atoms with E-state index in [1.165, 1.54) is 0 Å². The van der Waals surface area contributed by atoms with Gasteiger partial charge in [-0.15, -0.1) is 0 Å². The van der Waals surface area contributed by atoms with E-state index in [0.717, 1.165) is 67.0 Å². The minimum Gasteiger partial charge on any atom is -0.355 e. The zero-order chi connectivity index (χ0) is 23.9. The zero-order valence-electron chi connectivity index (χ0n) is 19.3. The fourth-order valence-electron chi connectivity index (χ4n) is 4.47. The summed E-state index contributed by atoms with van der Waals surface area (Å²) in [5.41, 5.74) is 7.66. The summed E-state index contributed by atoms with van der Waals surface area (Å²) in [4.78, 5) is 23.2. The van der Waals surface area contributed by atoms with Gasteiger partial charge >= 0.3 is 0 Å². The fraction of sp³-hybridized carbons (Fsp3) is 0. The number of hydrogen-bond donors (Lipinski definition) is 4. The van der Waals surface area contributed by atoms with Crippen LogP contribution >= 0.6 is 0 Å². The molecule has 0 unspecified atom stereocenters. The summed E-state index contributed by atoms with van der Waals surface area (Å²) < 4.78 is 0. The number of allylic oxidation sites excluding steroid dienone is 5. The first-order valence-corrected chi connectivity index (χ1v) is 11.8. The topological polar surface area (TPSA) is 87.9 Å². The second-order valence-corrected chi connectivity index (χ2v) is 8.93. The van der Waals surface area contributed by atoms with E-state index in [2.05, 4.69) is 86.7 Å². The van der Waals surface area contributed by atoms with E-state index in [1.807, 2.05) is 42.5 Å². The molecule has 4 N–H and O–H groups in total. The largest absolute Gasteiger partial charge is 0.355 e. The predicted molar refractivity (Wildman–Crippen MR) is 146 cm³/mol. The van der Waals surface area contributed by atoms with Crippen molar-refractivity contribution in [3.8, 4) is 0 Å². The van der Waals surface area contributed by atoms with Crippen molar-refractivity contribution in [3.05, 3.63) is 134 Å². The molecular weight excluding hydrogens is 444 g/mol. The molecule has 6 heteroatoms. The summed E-state index contributed by atoms with van der Waals surface area (Å²) in [6.45, 7) is 0. The van der Waals surface area contributed by atoms with Gasteiger partial charge in [0.05, 0.1) is 22.8 Å². The van der Waals surface area contributed by atoms with Crippen LogP contribution in [0.5, 0.6) is 0 Å². The van der Waals surface area contributed by atoms with Crippen LogP contribution in [0.4, 0.5) is 0 Å². The highest BCUT2D eigenvalue weighted by Crippen LogP contribution is 2.17. The highest BCUT2D eigenvalue weighted by molar-refractivity contribution is 6.19. The average Bonchev–Trinajstić information content (AvgIpc) is 3.68. The van der Waals surface area contributed by atoms with Gasteiger partial charge in [0.15, 0.2) is 0 Å². The van der Waals surface area contributed by atoms with Crippen molar-refractivity contribution in [2.45, 2.75) is 0 Å². The standard InChI is InChI=1S/C30H22N6/c1-2-20-14-22-5-6-24(33-22)16-26-9-10-28(35-26)18-30-12-11-29(36-30)17-27-8-7-25(34-27)15-23-4-3-21(32-23)13-19(1)31-20/h1-18,31-34H. The van der Waals surface area contributed by atoms with Gasteiger partial charge in [-0.25, -0.2) is 9.98 Å². The lowest BCUT2D eigenvalue weighted by atomic mass is 10.3. The van der Waals surface area contributed by atoms with Crippen molar-refractivity contribution < 1.29 is 0 Å². The van der Waals surface area contributed by atoms with Gasteiger partial charge in [0, 0.05) is 44.2 Å². The number of hydrogen-bond acceptors (Lipinski definition) is 2. The quantitative estimate of drug-likeness (QED) is 0.307. The Morgan fingerprint density at radius 3 is 1.31 bits per heavy atom. The van der Waals surface area contributed by atoms with Crippen LogP contribution in [0.2, 0.25) is 0 Å². The Hall–Kier alpha value is -5.10. The number of H-pyrrole nitrogens is 4. The molecule has 0 saturated heterocycles. The molecule has 0 atom stereocenters. The highest BCUT2D eigenvalue weighted by Gasteiger charge is 2.07. The van der Waals surface area contributed by atoms with E-state index in [1.54, 1.807) is 0 Å². The average molecular weight is 467 g/mol. The molecule has 12 bridgehead atoms. The molecule has 0 aliphatic carbocycles. The Morgan fingerprint density at radius 2 is 0.778 bits per heavy atom. The number of rotatable bonds is 0. The molecule has 0 aromatic carbocycles. The molecule has 0 fully saturated rings. The van der Waals surface area contributed by atoms with Gasteiger partial charge in [-0.3, -0.25) is 0 Å². The number of aliphatic imine (C=N–C) groups is 2. The summed E-state index contributed by atoms with van der Waals surface area (Å²) in [5.74, 6) is 0. The van der Waals surface area contributed by atoms with Crippen LogP contribution in [0.3, 0.4) is 0 Å². The van der Waals surface area contributed by atoms with Crippen molar-refractivity contribution in [2.75, 3.05) is 0 Å². The van der Waals surface area contributed by atoms with Crippen molar-refractivity contribution in [2.24, 2.45) is 9.98 Å². The molecule has 0 spiro atoms. The fourth-order valence-corrected chi connectivity index (χ4v) is 4.47. The number of fused-ring (bicyclic) bond motifs is 10. The van der Waals surface area contributed by atoms with E-state index >= 15 is 0 Å². The number of aromatic nitrogens is 4.